The lowest BCUT2D eigenvalue weighted by Gasteiger charge is -2.17. The van der Waals surface area contributed by atoms with Crippen molar-refractivity contribution in [3.05, 3.63) is 46.8 Å². The van der Waals surface area contributed by atoms with E-state index >= 15 is 0 Å². The number of rotatable bonds is 9. The second-order valence-electron chi connectivity index (χ2n) is 6.93. The summed E-state index contributed by atoms with van der Waals surface area (Å²) in [7, 11) is 1.59. The minimum Gasteiger partial charge on any atom is -0.382 e. The van der Waals surface area contributed by atoms with Gasteiger partial charge in [0.05, 0.1) is 16.9 Å². The molecule has 2 rings (SSSR count). The summed E-state index contributed by atoms with van der Waals surface area (Å²) < 4.78 is 47.9. The van der Waals surface area contributed by atoms with Gasteiger partial charge in [0.2, 0.25) is 0 Å². The van der Waals surface area contributed by atoms with Crippen LogP contribution in [0.1, 0.15) is 42.3 Å². The molecule has 1 aromatic carbocycles. The molecule has 0 aliphatic heterocycles. The van der Waals surface area contributed by atoms with Gasteiger partial charge in [-0.3, -0.25) is 4.99 Å². The van der Waals surface area contributed by atoms with Crippen molar-refractivity contribution in [1.82, 2.24) is 20.4 Å². The number of aryl methyl sites for hydroxylation is 2. The van der Waals surface area contributed by atoms with Crippen LogP contribution in [0.3, 0.4) is 0 Å². The van der Waals surface area contributed by atoms with Crippen molar-refractivity contribution in [2.24, 2.45) is 4.99 Å². The second kappa shape index (κ2) is 12.9. The van der Waals surface area contributed by atoms with Crippen LogP contribution in [-0.2, 0) is 17.5 Å². The fourth-order valence-electron chi connectivity index (χ4n) is 3.08. The smallest absolute Gasteiger partial charge is 0.382 e. The Kier molecular flexibility index (Phi) is 11.3. The van der Waals surface area contributed by atoms with Gasteiger partial charge in [0.25, 0.3) is 0 Å². The first-order valence-corrected chi connectivity index (χ1v) is 10.0. The number of hydrogen-bond donors (Lipinski definition) is 2. The fourth-order valence-corrected chi connectivity index (χ4v) is 3.08. The maximum atomic E-state index is 13.7. The van der Waals surface area contributed by atoms with E-state index in [1.165, 1.54) is 10.7 Å². The highest BCUT2D eigenvalue weighted by Crippen LogP contribution is 2.33. The van der Waals surface area contributed by atoms with Gasteiger partial charge in [0, 0.05) is 39.0 Å². The topological polar surface area (TPSA) is 63.5 Å². The summed E-state index contributed by atoms with van der Waals surface area (Å²) in [6, 6.07) is 6.10. The number of hydrogen-bond acceptors (Lipinski definition) is 3. The molecule has 0 amide bonds. The van der Waals surface area contributed by atoms with Crippen LogP contribution >= 0.6 is 24.0 Å². The molecule has 0 fully saturated rings. The maximum absolute atomic E-state index is 13.7. The number of nitrogens with zero attached hydrogens (tertiary/aromatic N) is 3. The van der Waals surface area contributed by atoms with Crippen LogP contribution in [0.15, 0.2) is 29.3 Å². The van der Waals surface area contributed by atoms with Crippen molar-refractivity contribution in [3.63, 3.8) is 0 Å². The summed E-state index contributed by atoms with van der Waals surface area (Å²) in [4.78, 5) is 4.08. The van der Waals surface area contributed by atoms with E-state index in [1.807, 2.05) is 26.8 Å². The Morgan fingerprint density at radius 3 is 2.48 bits per heavy atom. The SMILES string of the molecule is CCOCCCCNC(=NC)NCc1ccc(-n2nc(C)cc2C)cc1C(F)(F)F.I. The van der Waals surface area contributed by atoms with Gasteiger partial charge in [0.1, 0.15) is 0 Å². The molecular weight excluding hydrogens is 522 g/mol. The molecule has 0 atom stereocenters. The first-order valence-electron chi connectivity index (χ1n) is 10.0. The Labute approximate surface area is 198 Å². The van der Waals surface area contributed by atoms with E-state index < -0.39 is 11.7 Å². The van der Waals surface area contributed by atoms with Crippen LogP contribution in [0.25, 0.3) is 5.69 Å². The molecule has 10 heteroatoms. The van der Waals surface area contributed by atoms with Gasteiger partial charge in [-0.15, -0.1) is 24.0 Å². The van der Waals surface area contributed by atoms with Gasteiger partial charge in [-0.05, 0) is 57.4 Å². The van der Waals surface area contributed by atoms with Crippen LogP contribution in [0.2, 0.25) is 0 Å². The summed E-state index contributed by atoms with van der Waals surface area (Å²) in [6.07, 6.45) is -2.69. The molecule has 1 heterocycles. The number of benzene rings is 1. The molecule has 6 nitrogen and oxygen atoms in total. The van der Waals surface area contributed by atoms with Crippen molar-refractivity contribution < 1.29 is 17.9 Å². The number of guanidine groups is 1. The Balaban J connectivity index is 0.00000480. The molecule has 31 heavy (non-hydrogen) atoms. The van der Waals surface area contributed by atoms with E-state index in [2.05, 4.69) is 20.7 Å². The number of ether oxygens (including phenoxy) is 1. The maximum Gasteiger partial charge on any atom is 0.416 e. The molecule has 174 valence electrons. The third-order valence-corrected chi connectivity index (χ3v) is 4.53. The van der Waals surface area contributed by atoms with Crippen molar-refractivity contribution in [1.29, 1.82) is 0 Å². The summed E-state index contributed by atoms with van der Waals surface area (Å²) in [5.41, 5.74) is 1.37. The number of aliphatic imine (C=N–C) groups is 1. The summed E-state index contributed by atoms with van der Waals surface area (Å²) in [5.74, 6) is 0.460. The number of unbranched alkanes of at least 4 members (excludes halogenated alkanes) is 1. The molecule has 0 bridgehead atoms. The Morgan fingerprint density at radius 1 is 1.16 bits per heavy atom. The molecule has 1 aromatic heterocycles. The lowest BCUT2D eigenvalue weighted by molar-refractivity contribution is -0.138. The molecule has 0 radical (unpaired) electrons. The molecule has 2 aromatic rings. The highest BCUT2D eigenvalue weighted by molar-refractivity contribution is 14.0. The number of alkyl halides is 3. The minimum atomic E-state index is -4.47. The average molecular weight is 553 g/mol. The van der Waals surface area contributed by atoms with Crippen molar-refractivity contribution in [3.8, 4) is 5.69 Å². The molecule has 0 aliphatic carbocycles. The molecular formula is C21H31F3IN5O. The number of halogens is 4. The van der Waals surface area contributed by atoms with Gasteiger partial charge in [-0.25, -0.2) is 4.68 Å². The van der Waals surface area contributed by atoms with Gasteiger partial charge in [-0.2, -0.15) is 18.3 Å². The summed E-state index contributed by atoms with van der Waals surface area (Å²) in [6.45, 7) is 7.62. The van der Waals surface area contributed by atoms with Crippen molar-refractivity contribution in [2.75, 3.05) is 26.8 Å². The van der Waals surface area contributed by atoms with E-state index in [0.717, 1.165) is 30.3 Å². The number of nitrogens with one attached hydrogen (secondary N) is 2. The van der Waals surface area contributed by atoms with Crippen LogP contribution in [0.4, 0.5) is 13.2 Å². The quantitative estimate of drug-likeness (QED) is 0.206. The third-order valence-electron chi connectivity index (χ3n) is 4.53. The van der Waals surface area contributed by atoms with Crippen LogP contribution in [0, 0.1) is 13.8 Å². The molecule has 2 N–H and O–H groups in total. The average Bonchev–Trinajstić information content (AvgIpc) is 3.04. The first-order chi connectivity index (χ1) is 14.3. The Hall–Kier alpha value is -1.82. The third kappa shape index (κ3) is 8.32. The molecule has 0 saturated heterocycles. The Bertz CT molecular complexity index is 852. The zero-order chi connectivity index (χ0) is 22.1. The van der Waals surface area contributed by atoms with Crippen LogP contribution < -0.4 is 10.6 Å². The largest absolute Gasteiger partial charge is 0.416 e. The van der Waals surface area contributed by atoms with Gasteiger partial charge in [0.15, 0.2) is 5.96 Å². The van der Waals surface area contributed by atoms with Gasteiger partial charge in [-0.1, -0.05) is 6.07 Å². The standard InChI is InChI=1S/C21H30F3N5O.HI/c1-5-30-11-7-6-10-26-20(25-4)27-14-17-8-9-18(13-19(17)21(22,23)24)29-16(3)12-15(2)28-29;/h8-9,12-13H,5-7,10-11,14H2,1-4H3,(H2,25,26,27);1H. The molecule has 0 unspecified atom stereocenters. The van der Waals surface area contributed by atoms with Gasteiger partial charge >= 0.3 is 6.18 Å². The highest BCUT2D eigenvalue weighted by Gasteiger charge is 2.33. The predicted molar refractivity (Wildman–Crippen MR) is 127 cm³/mol. The monoisotopic (exact) mass is 553 g/mol. The van der Waals surface area contributed by atoms with Gasteiger partial charge < -0.3 is 15.4 Å². The molecule has 0 spiro atoms. The van der Waals surface area contributed by atoms with E-state index in [1.54, 1.807) is 13.1 Å². The second-order valence-corrected chi connectivity index (χ2v) is 6.93. The van der Waals surface area contributed by atoms with E-state index in [9.17, 15) is 13.2 Å². The van der Waals surface area contributed by atoms with E-state index in [4.69, 9.17) is 4.74 Å². The van der Waals surface area contributed by atoms with Crippen molar-refractivity contribution in [2.45, 2.75) is 46.3 Å². The first kappa shape index (κ1) is 27.2. The molecule has 0 saturated carbocycles. The zero-order valence-electron chi connectivity index (χ0n) is 18.3. The lowest BCUT2D eigenvalue weighted by atomic mass is 10.1. The summed E-state index contributed by atoms with van der Waals surface area (Å²) >= 11 is 0. The molecule has 0 aliphatic rings. The van der Waals surface area contributed by atoms with Crippen LogP contribution in [0.5, 0.6) is 0 Å². The normalized spacial score (nSPS) is 11.9. The lowest BCUT2D eigenvalue weighted by Crippen LogP contribution is -2.37. The van der Waals surface area contributed by atoms with Crippen molar-refractivity contribution >= 4 is 29.9 Å². The minimum absolute atomic E-state index is 0. The predicted octanol–water partition coefficient (Wildman–Crippen LogP) is 4.61. The van der Waals surface area contributed by atoms with E-state index in [-0.39, 0.29) is 36.1 Å². The fraction of sp³-hybridized carbons (Fsp3) is 0.524. The highest BCUT2D eigenvalue weighted by atomic mass is 127. The number of aromatic nitrogens is 2. The Morgan fingerprint density at radius 2 is 1.90 bits per heavy atom. The summed E-state index contributed by atoms with van der Waals surface area (Å²) in [5, 5.41) is 10.3. The van der Waals surface area contributed by atoms with Crippen LogP contribution in [-0.4, -0.2) is 42.5 Å². The zero-order valence-corrected chi connectivity index (χ0v) is 20.7. The van der Waals surface area contributed by atoms with E-state index in [0.29, 0.717) is 31.4 Å².